The molecule has 0 aromatic carbocycles. The normalized spacial score (nSPS) is 19.7. The molecule has 1 atom stereocenters. The first-order valence-electron chi connectivity index (χ1n) is 11.2. The van der Waals surface area contributed by atoms with Gasteiger partial charge in [-0.25, -0.2) is 0 Å². The molecule has 0 saturated carbocycles. The van der Waals surface area contributed by atoms with Crippen molar-refractivity contribution in [1.29, 1.82) is 0 Å². The van der Waals surface area contributed by atoms with Gasteiger partial charge in [-0.1, -0.05) is 0 Å². The lowest BCUT2D eigenvalue weighted by molar-refractivity contribution is 0.00988. The summed E-state index contributed by atoms with van der Waals surface area (Å²) in [6.45, 7) is 9.51. The maximum atomic E-state index is 6.00. The predicted molar refractivity (Wildman–Crippen MR) is 131 cm³/mol. The van der Waals surface area contributed by atoms with Crippen LogP contribution in [0.4, 0.5) is 0 Å². The Balaban J connectivity index is 0.00000320. The van der Waals surface area contributed by atoms with Crippen molar-refractivity contribution in [2.24, 2.45) is 4.99 Å². The summed E-state index contributed by atoms with van der Waals surface area (Å²) < 4.78 is 16.8. The molecule has 0 bridgehead atoms. The molecule has 0 aliphatic carbocycles. The molecule has 1 N–H and O–H groups in total. The molecule has 0 amide bonds. The number of nitrogens with zero attached hydrogens (tertiary/aromatic N) is 3. The molecule has 3 rings (SSSR count). The van der Waals surface area contributed by atoms with Crippen LogP contribution >= 0.6 is 24.0 Å². The Morgan fingerprint density at radius 1 is 1.23 bits per heavy atom. The van der Waals surface area contributed by atoms with Crippen LogP contribution in [0.1, 0.15) is 50.8 Å². The van der Waals surface area contributed by atoms with Gasteiger partial charge in [0.2, 0.25) is 0 Å². The molecule has 30 heavy (non-hydrogen) atoms. The summed E-state index contributed by atoms with van der Waals surface area (Å²) in [5, 5.41) is 3.49. The van der Waals surface area contributed by atoms with Crippen LogP contribution in [0.15, 0.2) is 27.8 Å². The van der Waals surface area contributed by atoms with Crippen LogP contribution in [0.2, 0.25) is 0 Å². The standard InChI is InChI=1S/C22H38N4O3.HI/c1-3-23-22(26-13-9-19(10-14-26)28-17-7-15-27-2)24-18-20(21-8-6-16-29-21)25-11-4-5-12-25;/h6,8,16,19-20H,3-5,7,9-15,17-18H2,1-2H3,(H,23,24);1H. The molecule has 172 valence electrons. The Labute approximate surface area is 198 Å². The van der Waals surface area contributed by atoms with Crippen LogP contribution in [0.25, 0.3) is 0 Å². The number of rotatable bonds is 10. The van der Waals surface area contributed by atoms with Crippen LogP contribution in [0, 0.1) is 0 Å². The van der Waals surface area contributed by atoms with E-state index in [1.165, 1.54) is 12.8 Å². The molecule has 3 heterocycles. The Kier molecular flexibility index (Phi) is 12.1. The third-order valence-corrected chi connectivity index (χ3v) is 5.79. The zero-order valence-electron chi connectivity index (χ0n) is 18.6. The molecular formula is C22H39IN4O3. The second-order valence-corrected chi connectivity index (χ2v) is 7.87. The maximum absolute atomic E-state index is 6.00. The number of hydrogen-bond donors (Lipinski definition) is 1. The van der Waals surface area contributed by atoms with E-state index in [0.717, 1.165) is 83.5 Å². The van der Waals surface area contributed by atoms with E-state index in [1.54, 1.807) is 13.4 Å². The number of methoxy groups -OCH3 is 1. The summed E-state index contributed by atoms with van der Waals surface area (Å²) in [5.41, 5.74) is 0. The third kappa shape index (κ3) is 7.69. The fourth-order valence-corrected chi connectivity index (χ4v) is 4.21. The number of halogens is 1. The molecule has 8 heteroatoms. The predicted octanol–water partition coefficient (Wildman–Crippen LogP) is 3.52. The van der Waals surface area contributed by atoms with Gasteiger partial charge in [-0.05, 0) is 64.3 Å². The second-order valence-electron chi connectivity index (χ2n) is 7.87. The van der Waals surface area contributed by atoms with Gasteiger partial charge in [0.05, 0.1) is 25.0 Å². The van der Waals surface area contributed by atoms with Gasteiger partial charge in [-0.3, -0.25) is 9.89 Å². The first-order valence-corrected chi connectivity index (χ1v) is 11.2. The molecule has 0 radical (unpaired) electrons. The molecule has 2 fully saturated rings. The van der Waals surface area contributed by atoms with Gasteiger partial charge >= 0.3 is 0 Å². The van der Waals surface area contributed by atoms with E-state index in [2.05, 4.69) is 28.1 Å². The minimum atomic E-state index is 0. The molecule has 1 aromatic rings. The Bertz CT molecular complexity index is 585. The highest BCUT2D eigenvalue weighted by molar-refractivity contribution is 14.0. The number of ether oxygens (including phenoxy) is 2. The van der Waals surface area contributed by atoms with Crippen LogP contribution in [-0.2, 0) is 9.47 Å². The lowest BCUT2D eigenvalue weighted by Crippen LogP contribution is -2.47. The summed E-state index contributed by atoms with van der Waals surface area (Å²) in [4.78, 5) is 9.90. The number of hydrogen-bond acceptors (Lipinski definition) is 5. The molecule has 0 spiro atoms. The molecule has 7 nitrogen and oxygen atoms in total. The van der Waals surface area contributed by atoms with Gasteiger partial charge in [0, 0.05) is 40.0 Å². The summed E-state index contributed by atoms with van der Waals surface area (Å²) in [6.07, 6.45) is 7.70. The highest BCUT2D eigenvalue weighted by Crippen LogP contribution is 2.26. The maximum Gasteiger partial charge on any atom is 0.193 e. The van der Waals surface area contributed by atoms with Gasteiger partial charge in [0.15, 0.2) is 5.96 Å². The van der Waals surface area contributed by atoms with Crippen molar-refractivity contribution in [1.82, 2.24) is 15.1 Å². The average Bonchev–Trinajstić information content (AvgIpc) is 3.46. The number of furan rings is 1. The summed E-state index contributed by atoms with van der Waals surface area (Å²) in [5.74, 6) is 2.04. The van der Waals surface area contributed by atoms with Gasteiger partial charge in [-0.15, -0.1) is 24.0 Å². The molecule has 2 aliphatic rings. The molecule has 1 unspecified atom stereocenters. The van der Waals surface area contributed by atoms with E-state index in [4.69, 9.17) is 18.9 Å². The third-order valence-electron chi connectivity index (χ3n) is 5.79. The monoisotopic (exact) mass is 534 g/mol. The quantitative estimate of drug-likeness (QED) is 0.215. The topological polar surface area (TPSA) is 62.5 Å². The van der Waals surface area contributed by atoms with Crippen molar-refractivity contribution in [2.75, 3.05) is 59.6 Å². The number of guanidine groups is 1. The van der Waals surface area contributed by atoms with Crippen molar-refractivity contribution in [3.63, 3.8) is 0 Å². The average molecular weight is 534 g/mol. The van der Waals surface area contributed by atoms with Crippen LogP contribution in [-0.4, -0.2) is 81.5 Å². The Hall–Kier alpha value is -0.840. The SMILES string of the molecule is CCNC(=NCC(c1ccco1)N1CCCC1)N1CCC(OCCCOC)CC1.I. The van der Waals surface area contributed by atoms with E-state index in [1.807, 2.05) is 6.07 Å². The van der Waals surface area contributed by atoms with Gasteiger partial charge in [0.1, 0.15) is 5.76 Å². The molecular weight excluding hydrogens is 495 g/mol. The number of aliphatic imine (C=N–C) groups is 1. The smallest absolute Gasteiger partial charge is 0.193 e. The summed E-state index contributed by atoms with van der Waals surface area (Å²) in [7, 11) is 1.74. The molecule has 1 aromatic heterocycles. The van der Waals surface area contributed by atoms with Gasteiger partial charge < -0.3 is 24.1 Å². The minimum absolute atomic E-state index is 0. The van der Waals surface area contributed by atoms with Crippen molar-refractivity contribution >= 4 is 29.9 Å². The van der Waals surface area contributed by atoms with Crippen molar-refractivity contribution < 1.29 is 13.9 Å². The van der Waals surface area contributed by atoms with Crippen molar-refractivity contribution in [2.45, 2.75) is 51.2 Å². The van der Waals surface area contributed by atoms with Crippen molar-refractivity contribution in [3.8, 4) is 0 Å². The highest BCUT2D eigenvalue weighted by Gasteiger charge is 2.27. The van der Waals surface area contributed by atoms with E-state index in [-0.39, 0.29) is 30.0 Å². The number of nitrogens with one attached hydrogen (secondary N) is 1. The Morgan fingerprint density at radius 3 is 2.63 bits per heavy atom. The van der Waals surface area contributed by atoms with Crippen LogP contribution in [0.3, 0.4) is 0 Å². The lowest BCUT2D eigenvalue weighted by Gasteiger charge is -2.34. The molecule has 2 aliphatic heterocycles. The fraction of sp³-hybridized carbons (Fsp3) is 0.773. The second kappa shape index (κ2) is 14.3. The summed E-state index contributed by atoms with van der Waals surface area (Å²) >= 11 is 0. The van der Waals surface area contributed by atoms with E-state index in [9.17, 15) is 0 Å². The number of likely N-dealkylation sites (tertiary alicyclic amines) is 2. The summed E-state index contributed by atoms with van der Waals surface area (Å²) in [6, 6.07) is 4.28. The zero-order valence-corrected chi connectivity index (χ0v) is 20.9. The first kappa shape index (κ1) is 25.4. The minimum Gasteiger partial charge on any atom is -0.468 e. The zero-order chi connectivity index (χ0) is 20.3. The van der Waals surface area contributed by atoms with Gasteiger partial charge in [-0.2, -0.15) is 0 Å². The van der Waals surface area contributed by atoms with E-state index < -0.39 is 0 Å². The fourth-order valence-electron chi connectivity index (χ4n) is 4.21. The van der Waals surface area contributed by atoms with Crippen LogP contribution in [0.5, 0.6) is 0 Å². The first-order chi connectivity index (χ1) is 14.3. The number of piperidine rings is 1. The lowest BCUT2D eigenvalue weighted by atomic mass is 10.1. The van der Waals surface area contributed by atoms with E-state index >= 15 is 0 Å². The van der Waals surface area contributed by atoms with Crippen molar-refractivity contribution in [3.05, 3.63) is 24.2 Å². The van der Waals surface area contributed by atoms with Gasteiger partial charge in [0.25, 0.3) is 0 Å². The Morgan fingerprint density at radius 2 is 2.00 bits per heavy atom. The largest absolute Gasteiger partial charge is 0.468 e. The molecule has 2 saturated heterocycles. The van der Waals surface area contributed by atoms with E-state index in [0.29, 0.717) is 6.10 Å². The highest BCUT2D eigenvalue weighted by atomic mass is 127. The van der Waals surface area contributed by atoms with Crippen LogP contribution < -0.4 is 5.32 Å².